The third-order valence-electron chi connectivity index (χ3n) is 4.45. The van der Waals surface area contributed by atoms with E-state index < -0.39 is 36.2 Å². The Bertz CT molecular complexity index is 672. The third-order valence-corrected chi connectivity index (χ3v) is 4.45. The molecular formula is C17H19F7N2O3. The van der Waals surface area contributed by atoms with Gasteiger partial charge in [0.05, 0.1) is 19.9 Å². The topological polar surface area (TPSA) is 53.0 Å². The zero-order chi connectivity index (χ0) is 21.9. The lowest BCUT2D eigenvalue weighted by Gasteiger charge is -2.34. The molecule has 1 fully saturated rings. The van der Waals surface area contributed by atoms with Gasteiger partial charge in [0.1, 0.15) is 0 Å². The van der Waals surface area contributed by atoms with Crippen LogP contribution in [0.1, 0.15) is 12.0 Å². The Balaban J connectivity index is 2.36. The summed E-state index contributed by atoms with van der Waals surface area (Å²) < 4.78 is 95.7. The summed E-state index contributed by atoms with van der Waals surface area (Å²) in [6.07, 6.45) is -12.1. The van der Waals surface area contributed by atoms with Gasteiger partial charge >= 0.3 is 18.4 Å². The summed E-state index contributed by atoms with van der Waals surface area (Å²) in [5.41, 5.74) is -6.52. The molecule has 0 unspecified atom stereocenters. The monoisotopic (exact) mass is 432 g/mol. The molecule has 0 bridgehead atoms. The number of hydrogen-bond acceptors (Lipinski definition) is 3. The standard InChI is InChI=1S/C17H19F7N2O3/c18-6-1-7-26(14(27)25-8-10-29-11-9-25)13-4-2-12(3-5-13)15(28,16(19,20)21)17(22,23)24/h2-5,28H,1,6-11H2. The molecule has 1 aliphatic heterocycles. The fourth-order valence-corrected chi connectivity index (χ4v) is 2.85. The second kappa shape index (κ2) is 8.74. The summed E-state index contributed by atoms with van der Waals surface area (Å²) in [6.45, 7) is 0.120. The number of benzene rings is 1. The smallest absolute Gasteiger partial charge is 0.378 e. The van der Waals surface area contributed by atoms with Gasteiger partial charge in [-0.05, 0) is 18.6 Å². The van der Waals surface area contributed by atoms with Crippen molar-refractivity contribution in [3.63, 3.8) is 0 Å². The summed E-state index contributed by atoms with van der Waals surface area (Å²) in [5.74, 6) is 0. The van der Waals surface area contributed by atoms with E-state index >= 15 is 0 Å². The zero-order valence-corrected chi connectivity index (χ0v) is 15.1. The molecule has 2 amide bonds. The summed E-state index contributed by atoms with van der Waals surface area (Å²) in [6, 6.07) is 2.04. The first-order valence-corrected chi connectivity index (χ1v) is 8.60. The first-order chi connectivity index (χ1) is 13.4. The Labute approximate surface area is 161 Å². The number of nitrogens with zero attached hydrogens (tertiary/aromatic N) is 2. The molecule has 2 rings (SSSR count). The van der Waals surface area contributed by atoms with Crippen LogP contribution in [-0.2, 0) is 10.3 Å². The van der Waals surface area contributed by atoms with Crippen LogP contribution in [0.25, 0.3) is 0 Å². The van der Waals surface area contributed by atoms with Gasteiger partial charge in [-0.3, -0.25) is 9.29 Å². The Kier molecular flexibility index (Phi) is 6.99. The van der Waals surface area contributed by atoms with E-state index in [1.54, 1.807) is 0 Å². The van der Waals surface area contributed by atoms with Crippen molar-refractivity contribution in [2.24, 2.45) is 0 Å². The number of hydrogen-bond donors (Lipinski definition) is 1. The summed E-state index contributed by atoms with van der Waals surface area (Å²) >= 11 is 0. The third kappa shape index (κ3) is 4.74. The maximum atomic E-state index is 13.0. The predicted molar refractivity (Wildman–Crippen MR) is 88.2 cm³/mol. The van der Waals surface area contributed by atoms with Crippen LogP contribution in [0.3, 0.4) is 0 Å². The van der Waals surface area contributed by atoms with Gasteiger partial charge in [0.15, 0.2) is 0 Å². The molecule has 0 aliphatic carbocycles. The predicted octanol–water partition coefficient (Wildman–Crippen LogP) is 3.62. The van der Waals surface area contributed by atoms with Crippen LogP contribution in [0.15, 0.2) is 24.3 Å². The maximum Gasteiger partial charge on any atom is 0.430 e. The number of morpholine rings is 1. The van der Waals surface area contributed by atoms with Gasteiger partial charge in [-0.25, -0.2) is 4.79 Å². The van der Waals surface area contributed by atoms with Gasteiger partial charge < -0.3 is 14.7 Å². The molecule has 0 radical (unpaired) electrons. The molecule has 1 aliphatic rings. The highest BCUT2D eigenvalue weighted by molar-refractivity contribution is 5.92. The molecular weight excluding hydrogens is 413 g/mol. The van der Waals surface area contributed by atoms with Crippen molar-refractivity contribution in [2.45, 2.75) is 24.4 Å². The van der Waals surface area contributed by atoms with Gasteiger partial charge in [-0.1, -0.05) is 12.1 Å². The molecule has 0 saturated carbocycles. The Morgan fingerprint density at radius 3 is 2.00 bits per heavy atom. The lowest BCUT2D eigenvalue weighted by Crippen LogP contribution is -2.54. The summed E-state index contributed by atoms with van der Waals surface area (Å²) in [4.78, 5) is 15.1. The molecule has 1 saturated heterocycles. The molecule has 0 aromatic heterocycles. The minimum atomic E-state index is -6.01. The number of urea groups is 1. The van der Waals surface area contributed by atoms with Gasteiger partial charge in [-0.2, -0.15) is 26.3 Å². The van der Waals surface area contributed by atoms with E-state index in [9.17, 15) is 40.6 Å². The SMILES string of the molecule is O=C(N1CCOCC1)N(CCCF)c1ccc(C(O)(C(F)(F)F)C(F)(F)F)cc1. The van der Waals surface area contributed by atoms with Crippen LogP contribution in [0, 0.1) is 0 Å². The van der Waals surface area contributed by atoms with Crippen LogP contribution in [0.2, 0.25) is 0 Å². The van der Waals surface area contributed by atoms with Crippen LogP contribution in [0.5, 0.6) is 0 Å². The highest BCUT2D eigenvalue weighted by Gasteiger charge is 2.71. The molecule has 29 heavy (non-hydrogen) atoms. The lowest BCUT2D eigenvalue weighted by molar-refractivity contribution is -0.376. The van der Waals surface area contributed by atoms with Gasteiger partial charge in [0.2, 0.25) is 0 Å². The molecule has 0 spiro atoms. The van der Waals surface area contributed by atoms with Gasteiger partial charge in [0, 0.05) is 30.9 Å². The Hall–Kier alpha value is -2.08. The first kappa shape index (κ1) is 23.2. The molecule has 1 aromatic carbocycles. The van der Waals surface area contributed by atoms with E-state index in [-0.39, 0.29) is 45.0 Å². The van der Waals surface area contributed by atoms with Crippen molar-refractivity contribution in [3.8, 4) is 0 Å². The van der Waals surface area contributed by atoms with Crippen LogP contribution < -0.4 is 4.90 Å². The zero-order valence-electron chi connectivity index (χ0n) is 15.1. The number of ether oxygens (including phenoxy) is 1. The van der Waals surface area contributed by atoms with E-state index in [4.69, 9.17) is 4.74 Å². The molecule has 1 aromatic rings. The fraction of sp³-hybridized carbons (Fsp3) is 0.588. The van der Waals surface area contributed by atoms with Crippen molar-refractivity contribution < 1.29 is 45.4 Å². The van der Waals surface area contributed by atoms with Crippen LogP contribution in [-0.4, -0.2) is 67.9 Å². The average molecular weight is 432 g/mol. The van der Waals surface area contributed by atoms with Crippen molar-refractivity contribution in [1.82, 2.24) is 4.90 Å². The van der Waals surface area contributed by atoms with Crippen molar-refractivity contribution in [1.29, 1.82) is 0 Å². The molecule has 1 N–H and O–H groups in total. The van der Waals surface area contributed by atoms with Gasteiger partial charge in [0.25, 0.3) is 5.60 Å². The molecule has 12 heteroatoms. The number of anilines is 1. The Morgan fingerprint density at radius 2 is 1.55 bits per heavy atom. The van der Waals surface area contributed by atoms with Crippen molar-refractivity contribution in [2.75, 3.05) is 44.4 Å². The van der Waals surface area contributed by atoms with E-state index in [1.807, 2.05) is 0 Å². The number of carbonyl (C=O) groups is 1. The normalized spacial score (nSPS) is 16.1. The first-order valence-electron chi connectivity index (χ1n) is 8.60. The highest BCUT2D eigenvalue weighted by atomic mass is 19.4. The maximum absolute atomic E-state index is 13.0. The highest BCUT2D eigenvalue weighted by Crippen LogP contribution is 2.50. The summed E-state index contributed by atoms with van der Waals surface area (Å²) in [5, 5.41) is 9.44. The fourth-order valence-electron chi connectivity index (χ4n) is 2.85. The largest absolute Gasteiger partial charge is 0.430 e. The molecule has 0 atom stereocenters. The number of rotatable bonds is 5. The van der Waals surface area contributed by atoms with Crippen molar-refractivity contribution in [3.05, 3.63) is 29.8 Å². The number of carbonyl (C=O) groups excluding carboxylic acids is 1. The second-order valence-electron chi connectivity index (χ2n) is 6.33. The molecule has 5 nitrogen and oxygen atoms in total. The number of alkyl halides is 7. The minimum absolute atomic E-state index is 0.0228. The average Bonchev–Trinajstić information content (AvgIpc) is 2.67. The van der Waals surface area contributed by atoms with E-state index in [0.29, 0.717) is 12.1 Å². The van der Waals surface area contributed by atoms with E-state index in [1.165, 1.54) is 4.90 Å². The molecule has 164 valence electrons. The Morgan fingerprint density at radius 1 is 1.03 bits per heavy atom. The van der Waals surface area contributed by atoms with E-state index in [2.05, 4.69) is 0 Å². The minimum Gasteiger partial charge on any atom is -0.378 e. The van der Waals surface area contributed by atoms with Gasteiger partial charge in [-0.15, -0.1) is 0 Å². The number of halogens is 7. The lowest BCUT2D eigenvalue weighted by atomic mass is 9.92. The molecule has 1 heterocycles. The van der Waals surface area contributed by atoms with E-state index in [0.717, 1.165) is 17.0 Å². The second-order valence-corrected chi connectivity index (χ2v) is 6.33. The van der Waals surface area contributed by atoms with Crippen LogP contribution >= 0.6 is 0 Å². The van der Waals surface area contributed by atoms with Crippen LogP contribution in [0.4, 0.5) is 41.2 Å². The van der Waals surface area contributed by atoms with Crippen molar-refractivity contribution >= 4 is 11.7 Å². The number of aliphatic hydroxyl groups is 1. The quantitative estimate of drug-likeness (QED) is 0.724. The number of amides is 2. The summed E-state index contributed by atoms with van der Waals surface area (Å²) in [7, 11) is 0.